The summed E-state index contributed by atoms with van der Waals surface area (Å²) in [4.78, 5) is 11.3. The van der Waals surface area contributed by atoms with E-state index in [1.54, 1.807) is 13.0 Å². The Balaban J connectivity index is 2.20. The van der Waals surface area contributed by atoms with Gasteiger partial charge in [-0.25, -0.2) is 4.68 Å². The van der Waals surface area contributed by atoms with Crippen molar-refractivity contribution < 1.29 is 9.53 Å². The van der Waals surface area contributed by atoms with E-state index in [9.17, 15) is 4.79 Å². The fourth-order valence-electron chi connectivity index (χ4n) is 1.37. The summed E-state index contributed by atoms with van der Waals surface area (Å²) in [6.45, 7) is 2.09. The van der Waals surface area contributed by atoms with Crippen LogP contribution in [0.3, 0.4) is 0 Å². The van der Waals surface area contributed by atoms with Crippen LogP contribution in [-0.2, 0) is 16.1 Å². The van der Waals surface area contributed by atoms with Gasteiger partial charge in [0.25, 0.3) is 0 Å². The molecule has 1 aromatic carbocycles. The largest absolute Gasteiger partial charge is 0.465 e. The molecule has 6 nitrogen and oxygen atoms in total. The maximum absolute atomic E-state index is 11.3. The van der Waals surface area contributed by atoms with Crippen molar-refractivity contribution in [3.63, 3.8) is 0 Å². The average Bonchev–Trinajstić information content (AvgIpc) is 2.78. The van der Waals surface area contributed by atoms with Crippen molar-refractivity contribution in [1.29, 1.82) is 0 Å². The van der Waals surface area contributed by atoms with E-state index in [2.05, 4.69) is 21.6 Å². The summed E-state index contributed by atoms with van der Waals surface area (Å²) in [5.41, 5.74) is 0.738. The lowest BCUT2D eigenvalue weighted by Gasteiger charge is -2.03. The van der Waals surface area contributed by atoms with Crippen molar-refractivity contribution >= 4 is 5.97 Å². The molecule has 6 heteroatoms. The lowest BCUT2D eigenvalue weighted by atomic mass is 10.2. The van der Waals surface area contributed by atoms with Crippen molar-refractivity contribution in [3.8, 4) is 11.4 Å². The lowest BCUT2D eigenvalue weighted by Crippen LogP contribution is -2.15. The van der Waals surface area contributed by atoms with Gasteiger partial charge in [0.1, 0.15) is 6.54 Å². The summed E-state index contributed by atoms with van der Waals surface area (Å²) in [5, 5.41) is 11.2. The number of hydrogen-bond acceptors (Lipinski definition) is 5. The Bertz CT molecular complexity index is 495. The van der Waals surface area contributed by atoms with E-state index in [-0.39, 0.29) is 12.5 Å². The van der Waals surface area contributed by atoms with E-state index in [0.29, 0.717) is 12.4 Å². The molecular weight excluding hydrogens is 220 g/mol. The van der Waals surface area contributed by atoms with Gasteiger partial charge in [0, 0.05) is 5.56 Å². The van der Waals surface area contributed by atoms with E-state index < -0.39 is 0 Å². The topological polar surface area (TPSA) is 69.9 Å². The summed E-state index contributed by atoms with van der Waals surface area (Å²) >= 11 is 0. The molecule has 0 aliphatic carbocycles. The van der Waals surface area contributed by atoms with Crippen molar-refractivity contribution in [1.82, 2.24) is 20.2 Å². The zero-order valence-electron chi connectivity index (χ0n) is 9.33. The quantitative estimate of drug-likeness (QED) is 0.724. The molecule has 0 saturated heterocycles. The van der Waals surface area contributed by atoms with Crippen LogP contribution in [-0.4, -0.2) is 32.8 Å². The molecule has 1 heterocycles. The first-order valence-electron chi connectivity index (χ1n) is 5.20. The van der Waals surface area contributed by atoms with E-state index in [1.807, 2.05) is 18.2 Å². The van der Waals surface area contributed by atoms with Gasteiger partial charge in [-0.1, -0.05) is 24.3 Å². The Morgan fingerprint density at radius 3 is 3.12 bits per heavy atom. The highest BCUT2D eigenvalue weighted by atomic mass is 16.5. The number of ether oxygens (including phenoxy) is 1. The van der Waals surface area contributed by atoms with Gasteiger partial charge < -0.3 is 4.74 Å². The SMILES string of the molecule is CCOC(=O)Cn1nnnc1-c1[c]cccc1. The second kappa shape index (κ2) is 5.20. The van der Waals surface area contributed by atoms with Gasteiger partial charge in [-0.05, 0) is 23.4 Å². The van der Waals surface area contributed by atoms with Crippen molar-refractivity contribution in [2.75, 3.05) is 6.61 Å². The number of nitrogens with zero attached hydrogens (tertiary/aromatic N) is 4. The third-order valence-electron chi connectivity index (χ3n) is 2.07. The number of esters is 1. The normalized spacial score (nSPS) is 10.2. The lowest BCUT2D eigenvalue weighted by molar-refractivity contribution is -0.144. The molecule has 0 N–H and O–H groups in total. The van der Waals surface area contributed by atoms with Crippen LogP contribution >= 0.6 is 0 Å². The Morgan fingerprint density at radius 1 is 1.53 bits per heavy atom. The van der Waals surface area contributed by atoms with Crippen molar-refractivity contribution in [3.05, 3.63) is 30.3 Å². The van der Waals surface area contributed by atoms with Gasteiger partial charge in [0.05, 0.1) is 6.61 Å². The molecule has 0 fully saturated rings. The Hall–Kier alpha value is -2.24. The van der Waals surface area contributed by atoms with Crippen LogP contribution in [0.4, 0.5) is 0 Å². The van der Waals surface area contributed by atoms with Gasteiger partial charge in [0.15, 0.2) is 5.82 Å². The zero-order chi connectivity index (χ0) is 12.1. The molecular formula is C11H11N4O2. The third-order valence-corrected chi connectivity index (χ3v) is 2.07. The second-order valence-corrected chi connectivity index (χ2v) is 3.24. The first kappa shape index (κ1) is 11.3. The van der Waals surface area contributed by atoms with Gasteiger partial charge in [-0.15, -0.1) is 5.10 Å². The molecule has 1 radical (unpaired) electrons. The molecule has 0 spiro atoms. The number of hydrogen-bond donors (Lipinski definition) is 0. The summed E-state index contributed by atoms with van der Waals surface area (Å²) in [6.07, 6.45) is 0. The molecule has 2 rings (SSSR count). The number of tetrazole rings is 1. The molecule has 0 aliphatic rings. The molecule has 17 heavy (non-hydrogen) atoms. The van der Waals surface area contributed by atoms with E-state index >= 15 is 0 Å². The van der Waals surface area contributed by atoms with Crippen LogP contribution in [0.15, 0.2) is 24.3 Å². The van der Waals surface area contributed by atoms with Gasteiger partial charge in [-0.2, -0.15) is 0 Å². The van der Waals surface area contributed by atoms with Crippen LogP contribution in [0.1, 0.15) is 6.92 Å². The molecule has 0 atom stereocenters. The summed E-state index contributed by atoms with van der Waals surface area (Å²) < 4.78 is 6.23. The van der Waals surface area contributed by atoms with Crippen molar-refractivity contribution in [2.45, 2.75) is 13.5 Å². The molecule has 2 aromatic rings. The van der Waals surface area contributed by atoms with Crippen LogP contribution in [0.25, 0.3) is 11.4 Å². The van der Waals surface area contributed by atoms with Crippen LogP contribution in [0, 0.1) is 6.07 Å². The average molecular weight is 231 g/mol. The predicted octanol–water partition coefficient (Wildman–Crippen LogP) is 0.703. The van der Waals surface area contributed by atoms with E-state index in [4.69, 9.17) is 4.74 Å². The van der Waals surface area contributed by atoms with Crippen LogP contribution in [0.5, 0.6) is 0 Å². The number of benzene rings is 1. The maximum Gasteiger partial charge on any atom is 0.327 e. The number of rotatable bonds is 4. The van der Waals surface area contributed by atoms with Gasteiger partial charge in [0.2, 0.25) is 0 Å². The first-order valence-corrected chi connectivity index (χ1v) is 5.20. The highest BCUT2D eigenvalue weighted by Gasteiger charge is 2.12. The predicted molar refractivity (Wildman–Crippen MR) is 58.7 cm³/mol. The van der Waals surface area contributed by atoms with Crippen LogP contribution in [0.2, 0.25) is 0 Å². The first-order chi connectivity index (χ1) is 8.31. The van der Waals surface area contributed by atoms with Crippen LogP contribution < -0.4 is 0 Å². The smallest absolute Gasteiger partial charge is 0.327 e. The zero-order valence-corrected chi connectivity index (χ0v) is 9.33. The Labute approximate surface area is 98.2 Å². The summed E-state index contributed by atoms with van der Waals surface area (Å²) in [6, 6.07) is 10.3. The maximum atomic E-state index is 11.3. The Morgan fingerprint density at radius 2 is 2.41 bits per heavy atom. The minimum atomic E-state index is -0.364. The third kappa shape index (κ3) is 2.66. The van der Waals surface area contributed by atoms with Gasteiger partial charge >= 0.3 is 5.97 Å². The fraction of sp³-hybridized carbons (Fsp3) is 0.273. The molecule has 1 aromatic heterocycles. The molecule has 0 aliphatic heterocycles. The van der Waals surface area contributed by atoms with E-state index in [1.165, 1.54) is 4.68 Å². The fourth-order valence-corrected chi connectivity index (χ4v) is 1.37. The minimum Gasteiger partial charge on any atom is -0.465 e. The van der Waals surface area contributed by atoms with Gasteiger partial charge in [-0.3, -0.25) is 4.79 Å². The molecule has 0 saturated carbocycles. The Kier molecular flexibility index (Phi) is 3.44. The molecule has 0 amide bonds. The number of carbonyl (C=O) groups is 1. The number of carbonyl (C=O) groups excluding carboxylic acids is 1. The molecule has 0 bridgehead atoms. The monoisotopic (exact) mass is 231 g/mol. The molecule has 0 unspecified atom stereocenters. The molecule has 87 valence electrons. The standard InChI is InChI=1S/C11H11N4O2/c1-2-17-10(16)8-15-11(12-13-14-15)9-6-4-3-5-7-9/h3-6H,2,8H2,1H3. The summed E-state index contributed by atoms with van der Waals surface area (Å²) in [7, 11) is 0. The summed E-state index contributed by atoms with van der Waals surface area (Å²) in [5.74, 6) is 0.135. The van der Waals surface area contributed by atoms with E-state index in [0.717, 1.165) is 5.56 Å². The highest BCUT2D eigenvalue weighted by Crippen LogP contribution is 2.13. The second-order valence-electron chi connectivity index (χ2n) is 3.24. The van der Waals surface area contributed by atoms with Crippen molar-refractivity contribution in [2.24, 2.45) is 0 Å². The number of aromatic nitrogens is 4. The highest BCUT2D eigenvalue weighted by molar-refractivity contribution is 5.70. The minimum absolute atomic E-state index is 0.00108.